The second kappa shape index (κ2) is 13.4. The highest BCUT2D eigenvalue weighted by atomic mass is 16.5. The number of Topliss-reactive ketones (excluding diaryl/α,β-unsaturated/α-hetero) is 1. The Balaban J connectivity index is 0.956. The lowest BCUT2D eigenvalue weighted by Crippen LogP contribution is -2.46. The quantitative estimate of drug-likeness (QED) is 0.195. The first kappa shape index (κ1) is 28.9. The van der Waals surface area contributed by atoms with Gasteiger partial charge in [-0.1, -0.05) is 31.2 Å². The van der Waals surface area contributed by atoms with E-state index in [0.717, 1.165) is 96.0 Å². The van der Waals surface area contributed by atoms with Crippen molar-refractivity contribution >= 4 is 27.6 Å². The minimum Gasteiger partial charge on any atom is -0.490 e. The van der Waals surface area contributed by atoms with Gasteiger partial charge in [-0.2, -0.15) is 0 Å². The Hall–Kier alpha value is -3.19. The minimum absolute atomic E-state index is 0.223. The molecule has 2 aliphatic heterocycles. The molecule has 0 bridgehead atoms. The van der Waals surface area contributed by atoms with Gasteiger partial charge < -0.3 is 19.1 Å². The molecule has 2 aliphatic rings. The topological polar surface area (TPSA) is 41.0 Å². The summed E-state index contributed by atoms with van der Waals surface area (Å²) in [5.41, 5.74) is 4.81. The molecule has 2 saturated heterocycles. The number of likely N-dealkylation sites (tertiary alicyclic amines) is 1. The van der Waals surface area contributed by atoms with Crippen molar-refractivity contribution in [3.8, 4) is 5.75 Å². The number of para-hydroxylation sites is 1. The van der Waals surface area contributed by atoms with E-state index < -0.39 is 0 Å². The predicted octanol–water partition coefficient (Wildman–Crippen LogP) is 6.46. The molecule has 0 unspecified atom stereocenters. The zero-order chi connectivity index (χ0) is 28.9. The molecule has 0 amide bonds. The van der Waals surface area contributed by atoms with Gasteiger partial charge in [-0.25, -0.2) is 0 Å². The largest absolute Gasteiger partial charge is 0.490 e. The van der Waals surface area contributed by atoms with Crippen LogP contribution in [0.4, 0.5) is 0 Å². The summed E-state index contributed by atoms with van der Waals surface area (Å²) in [5, 5.41) is 2.70. The fourth-order valence-corrected chi connectivity index (χ4v) is 6.83. The molecule has 42 heavy (non-hydrogen) atoms. The molecule has 0 aliphatic carbocycles. The number of carbonyl (C=O) groups excluding carboxylic acids is 1. The summed E-state index contributed by atoms with van der Waals surface area (Å²) in [6.45, 7) is 15.1. The Morgan fingerprint density at radius 2 is 1.48 bits per heavy atom. The number of carbonyl (C=O) groups is 1. The second-order valence-corrected chi connectivity index (χ2v) is 12.0. The zero-order valence-corrected chi connectivity index (χ0v) is 25.4. The zero-order valence-electron chi connectivity index (χ0n) is 25.4. The molecule has 0 N–H and O–H groups in total. The number of piperidine rings is 1. The Kier molecular flexibility index (Phi) is 9.23. The van der Waals surface area contributed by atoms with Crippen LogP contribution in [0.2, 0.25) is 0 Å². The Bertz CT molecular complexity index is 1480. The van der Waals surface area contributed by atoms with Crippen LogP contribution in [0.25, 0.3) is 21.8 Å². The van der Waals surface area contributed by atoms with Crippen LogP contribution in [0, 0.1) is 0 Å². The summed E-state index contributed by atoms with van der Waals surface area (Å²) in [6, 6.07) is 23.6. The van der Waals surface area contributed by atoms with E-state index in [-0.39, 0.29) is 11.9 Å². The third-order valence-corrected chi connectivity index (χ3v) is 9.36. The van der Waals surface area contributed by atoms with Crippen molar-refractivity contribution in [3.05, 3.63) is 77.9 Å². The van der Waals surface area contributed by atoms with E-state index in [4.69, 9.17) is 4.74 Å². The molecule has 3 heterocycles. The summed E-state index contributed by atoms with van der Waals surface area (Å²) in [4.78, 5) is 20.3. The van der Waals surface area contributed by atoms with Crippen molar-refractivity contribution < 1.29 is 9.53 Å². The molecule has 6 heteroatoms. The lowest BCUT2D eigenvalue weighted by Gasteiger charge is -2.33. The van der Waals surface area contributed by atoms with Gasteiger partial charge in [-0.05, 0) is 87.3 Å². The minimum atomic E-state index is 0.223. The maximum atomic E-state index is 12.8. The van der Waals surface area contributed by atoms with Gasteiger partial charge in [0.2, 0.25) is 0 Å². The molecule has 3 aromatic carbocycles. The SMILES string of the molecule is CCN1CCN(CCCC(=O)c2ccc(OC3CCN(Cc4ccc5c(c4)c4ccccc4n5CC)CC3)cc2)CC1. The maximum Gasteiger partial charge on any atom is 0.162 e. The number of fused-ring (bicyclic) bond motifs is 3. The Morgan fingerprint density at radius 3 is 2.21 bits per heavy atom. The van der Waals surface area contributed by atoms with Crippen LogP contribution in [0.1, 0.15) is 55.5 Å². The van der Waals surface area contributed by atoms with Crippen LogP contribution in [-0.4, -0.2) is 83.5 Å². The van der Waals surface area contributed by atoms with Crippen LogP contribution < -0.4 is 4.74 Å². The number of benzene rings is 3. The monoisotopic (exact) mass is 566 g/mol. The molecule has 0 saturated carbocycles. The summed E-state index contributed by atoms with van der Waals surface area (Å²) in [6.07, 6.45) is 3.80. The van der Waals surface area contributed by atoms with E-state index in [1.165, 1.54) is 27.4 Å². The molecular formula is C36H46N4O2. The summed E-state index contributed by atoms with van der Waals surface area (Å²) in [5.74, 6) is 1.11. The molecule has 2 fully saturated rings. The van der Waals surface area contributed by atoms with Crippen molar-refractivity contribution in [3.63, 3.8) is 0 Å². The van der Waals surface area contributed by atoms with Gasteiger partial charge in [-0.3, -0.25) is 9.69 Å². The number of piperazine rings is 1. The Labute approximate surface area is 250 Å². The van der Waals surface area contributed by atoms with Crippen LogP contribution in [-0.2, 0) is 13.1 Å². The number of aryl methyl sites for hydroxylation is 1. The smallest absolute Gasteiger partial charge is 0.162 e. The van der Waals surface area contributed by atoms with E-state index in [9.17, 15) is 4.79 Å². The van der Waals surface area contributed by atoms with Crippen LogP contribution >= 0.6 is 0 Å². The van der Waals surface area contributed by atoms with E-state index >= 15 is 0 Å². The third kappa shape index (κ3) is 6.56. The number of ether oxygens (including phenoxy) is 1. The highest BCUT2D eigenvalue weighted by Gasteiger charge is 2.21. The molecule has 1 aromatic heterocycles. The molecule has 6 rings (SSSR count). The van der Waals surface area contributed by atoms with Crippen LogP contribution in [0.5, 0.6) is 5.75 Å². The van der Waals surface area contributed by atoms with Gasteiger partial charge in [0.1, 0.15) is 11.9 Å². The van der Waals surface area contributed by atoms with Gasteiger partial charge in [0, 0.05) is 86.1 Å². The summed E-state index contributed by atoms with van der Waals surface area (Å²) >= 11 is 0. The van der Waals surface area contributed by atoms with E-state index in [1.54, 1.807) is 0 Å². The molecule has 0 radical (unpaired) electrons. The molecule has 0 atom stereocenters. The maximum absolute atomic E-state index is 12.8. The number of likely N-dealkylation sites (N-methyl/N-ethyl adjacent to an activating group) is 1. The molecule has 6 nitrogen and oxygen atoms in total. The van der Waals surface area contributed by atoms with Crippen LogP contribution in [0.15, 0.2) is 66.7 Å². The molecule has 0 spiro atoms. The third-order valence-electron chi connectivity index (χ3n) is 9.36. The first-order chi connectivity index (χ1) is 20.6. The lowest BCUT2D eigenvalue weighted by atomic mass is 10.0. The highest BCUT2D eigenvalue weighted by molar-refractivity contribution is 6.08. The molecular weight excluding hydrogens is 520 g/mol. The lowest BCUT2D eigenvalue weighted by molar-refractivity contribution is 0.0958. The van der Waals surface area contributed by atoms with Crippen molar-refractivity contribution in [2.75, 3.05) is 52.4 Å². The highest BCUT2D eigenvalue weighted by Crippen LogP contribution is 2.30. The fourth-order valence-electron chi connectivity index (χ4n) is 6.83. The predicted molar refractivity (Wildman–Crippen MR) is 173 cm³/mol. The molecule has 4 aromatic rings. The number of rotatable bonds is 11. The number of nitrogens with zero attached hydrogens (tertiary/aromatic N) is 4. The fraction of sp³-hybridized carbons (Fsp3) is 0.472. The number of ketones is 1. The van der Waals surface area contributed by atoms with Crippen LogP contribution in [0.3, 0.4) is 0 Å². The van der Waals surface area contributed by atoms with Gasteiger partial charge in [-0.15, -0.1) is 0 Å². The first-order valence-corrected chi connectivity index (χ1v) is 16.1. The van der Waals surface area contributed by atoms with E-state index in [0.29, 0.717) is 6.42 Å². The molecule has 222 valence electrons. The van der Waals surface area contributed by atoms with Gasteiger partial charge >= 0.3 is 0 Å². The summed E-state index contributed by atoms with van der Waals surface area (Å²) < 4.78 is 8.75. The van der Waals surface area contributed by atoms with E-state index in [1.807, 2.05) is 24.3 Å². The second-order valence-electron chi connectivity index (χ2n) is 12.0. The first-order valence-electron chi connectivity index (χ1n) is 16.1. The normalized spacial score (nSPS) is 17.8. The van der Waals surface area contributed by atoms with Crippen molar-refractivity contribution in [2.45, 2.75) is 58.7 Å². The van der Waals surface area contributed by atoms with Crippen molar-refractivity contribution in [2.24, 2.45) is 0 Å². The number of hydrogen-bond acceptors (Lipinski definition) is 5. The van der Waals surface area contributed by atoms with Gasteiger partial charge in [0.05, 0.1) is 0 Å². The number of hydrogen-bond donors (Lipinski definition) is 0. The van der Waals surface area contributed by atoms with E-state index in [2.05, 4.69) is 75.6 Å². The average molecular weight is 567 g/mol. The Morgan fingerprint density at radius 1 is 0.762 bits per heavy atom. The van der Waals surface area contributed by atoms with Gasteiger partial charge in [0.15, 0.2) is 5.78 Å². The average Bonchev–Trinajstić information content (AvgIpc) is 3.35. The number of aromatic nitrogens is 1. The summed E-state index contributed by atoms with van der Waals surface area (Å²) in [7, 11) is 0. The van der Waals surface area contributed by atoms with Crippen molar-refractivity contribution in [1.82, 2.24) is 19.3 Å². The van der Waals surface area contributed by atoms with Crippen molar-refractivity contribution in [1.29, 1.82) is 0 Å². The standard InChI is InChI=1S/C36H46N4O2/c1-3-37-22-24-38(25-23-37)19-7-10-36(41)29-12-14-30(15-13-29)42-31-17-20-39(21-18-31)27-28-11-16-35-33(26-28)32-8-5-6-9-34(32)40(35)4-2/h5-6,8-9,11-16,26,31H,3-4,7,10,17-25,27H2,1-2H3. The van der Waals surface area contributed by atoms with Gasteiger partial charge in [0.25, 0.3) is 0 Å².